The number of hydrogen-bond acceptors (Lipinski definition) is 4. The highest BCUT2D eigenvalue weighted by Gasteiger charge is 2.03. The van der Waals surface area contributed by atoms with E-state index in [0.717, 1.165) is 5.56 Å². The van der Waals surface area contributed by atoms with E-state index in [1.54, 1.807) is 18.2 Å². The Morgan fingerprint density at radius 1 is 1.24 bits per heavy atom. The first-order chi connectivity index (χ1) is 10.2. The number of benzene rings is 2. The van der Waals surface area contributed by atoms with E-state index in [9.17, 15) is 4.39 Å². The van der Waals surface area contributed by atoms with Gasteiger partial charge in [-0.25, -0.2) is 4.39 Å². The van der Waals surface area contributed by atoms with Gasteiger partial charge in [0.15, 0.2) is 18.2 Å². The highest BCUT2D eigenvalue weighted by Crippen LogP contribution is 2.21. The first kappa shape index (κ1) is 14.7. The van der Waals surface area contributed by atoms with Gasteiger partial charge in [0.25, 0.3) is 0 Å². The topological polar surface area (TPSA) is 54.3 Å². The number of nitrogens with one attached hydrogen (secondary N) is 1. The third-order valence-electron chi connectivity index (χ3n) is 2.85. The van der Waals surface area contributed by atoms with Crippen LogP contribution in [0.15, 0.2) is 42.5 Å². The summed E-state index contributed by atoms with van der Waals surface area (Å²) in [5.41, 5.74) is 1.64. The summed E-state index contributed by atoms with van der Waals surface area (Å²) >= 11 is 0. The Balaban J connectivity index is 1.99. The van der Waals surface area contributed by atoms with Gasteiger partial charge in [0, 0.05) is 18.3 Å². The van der Waals surface area contributed by atoms with Gasteiger partial charge in [-0.15, -0.1) is 0 Å². The van der Waals surface area contributed by atoms with Crippen LogP contribution in [-0.2, 0) is 6.54 Å². The van der Waals surface area contributed by atoms with Gasteiger partial charge in [-0.1, -0.05) is 12.1 Å². The van der Waals surface area contributed by atoms with Crippen molar-refractivity contribution < 1.29 is 13.9 Å². The van der Waals surface area contributed by atoms with Crippen molar-refractivity contribution in [1.29, 1.82) is 5.26 Å². The number of halogens is 1. The van der Waals surface area contributed by atoms with Gasteiger partial charge in [0.2, 0.25) is 0 Å². The Hall–Kier alpha value is -2.74. The number of nitriles is 1. The van der Waals surface area contributed by atoms with E-state index in [2.05, 4.69) is 5.32 Å². The molecule has 2 aromatic rings. The van der Waals surface area contributed by atoms with E-state index >= 15 is 0 Å². The normalized spacial score (nSPS) is 9.76. The summed E-state index contributed by atoms with van der Waals surface area (Å²) in [7, 11) is 1.43. The van der Waals surface area contributed by atoms with Gasteiger partial charge in [-0.05, 0) is 29.8 Å². The van der Waals surface area contributed by atoms with Crippen molar-refractivity contribution in [3.05, 3.63) is 53.8 Å². The molecule has 0 radical (unpaired) electrons. The number of rotatable bonds is 6. The lowest BCUT2D eigenvalue weighted by atomic mass is 10.2. The van der Waals surface area contributed by atoms with Gasteiger partial charge in [0.05, 0.1) is 7.11 Å². The second-order valence-corrected chi connectivity index (χ2v) is 4.30. The fraction of sp³-hybridized carbons (Fsp3) is 0.188. The Bertz CT molecular complexity index is 653. The fourth-order valence-electron chi connectivity index (χ4n) is 1.84. The average Bonchev–Trinajstić information content (AvgIpc) is 2.51. The molecule has 0 fully saturated rings. The van der Waals surface area contributed by atoms with Crippen LogP contribution in [0.25, 0.3) is 0 Å². The van der Waals surface area contributed by atoms with Crippen molar-refractivity contribution >= 4 is 5.69 Å². The molecule has 0 saturated heterocycles. The molecule has 108 valence electrons. The molecule has 2 rings (SSSR count). The summed E-state index contributed by atoms with van der Waals surface area (Å²) in [5.74, 6) is 0.442. The summed E-state index contributed by atoms with van der Waals surface area (Å²) in [4.78, 5) is 0. The standard InChI is InChI=1S/C16H15FN2O2/c1-20-16-6-5-13(10-15(16)17)19-11-12-3-2-4-14(9-12)21-8-7-18/h2-6,9-10,19H,8,11H2,1H3. The molecule has 0 amide bonds. The van der Waals surface area contributed by atoms with Gasteiger partial charge >= 0.3 is 0 Å². The maximum Gasteiger partial charge on any atom is 0.174 e. The Morgan fingerprint density at radius 2 is 2.10 bits per heavy atom. The zero-order valence-electron chi connectivity index (χ0n) is 11.6. The van der Waals surface area contributed by atoms with E-state index in [-0.39, 0.29) is 12.4 Å². The zero-order valence-corrected chi connectivity index (χ0v) is 11.6. The van der Waals surface area contributed by atoms with Crippen molar-refractivity contribution in [2.24, 2.45) is 0 Å². The van der Waals surface area contributed by atoms with Crippen LogP contribution < -0.4 is 14.8 Å². The minimum atomic E-state index is -0.409. The third kappa shape index (κ3) is 4.11. The number of nitrogens with zero attached hydrogens (tertiary/aromatic N) is 1. The minimum absolute atomic E-state index is 0.0145. The first-order valence-corrected chi connectivity index (χ1v) is 6.39. The van der Waals surface area contributed by atoms with Crippen LogP contribution in [0.5, 0.6) is 11.5 Å². The largest absolute Gasteiger partial charge is 0.494 e. The average molecular weight is 286 g/mol. The Kier molecular flexibility index (Phi) is 4.99. The SMILES string of the molecule is COc1ccc(NCc2cccc(OCC#N)c2)cc1F. The summed E-state index contributed by atoms with van der Waals surface area (Å²) in [6, 6.07) is 14.0. The smallest absolute Gasteiger partial charge is 0.174 e. The second-order valence-electron chi connectivity index (χ2n) is 4.30. The summed E-state index contributed by atoms with van der Waals surface area (Å²) in [5, 5.41) is 11.6. The molecule has 0 aliphatic rings. The summed E-state index contributed by atoms with van der Waals surface area (Å²) < 4.78 is 23.7. The number of ether oxygens (including phenoxy) is 2. The minimum Gasteiger partial charge on any atom is -0.494 e. The van der Waals surface area contributed by atoms with Crippen LogP contribution in [-0.4, -0.2) is 13.7 Å². The maximum absolute atomic E-state index is 13.6. The van der Waals surface area contributed by atoms with Crippen molar-refractivity contribution in [3.63, 3.8) is 0 Å². The van der Waals surface area contributed by atoms with Crippen molar-refractivity contribution in [2.45, 2.75) is 6.54 Å². The van der Waals surface area contributed by atoms with Crippen molar-refractivity contribution in [1.82, 2.24) is 0 Å². The molecule has 0 heterocycles. The van der Waals surface area contributed by atoms with Crippen LogP contribution in [0, 0.1) is 17.1 Å². The summed E-state index contributed by atoms with van der Waals surface area (Å²) in [6.45, 7) is 0.538. The molecule has 0 aromatic heterocycles. The molecule has 5 heteroatoms. The zero-order chi connectivity index (χ0) is 15.1. The second kappa shape index (κ2) is 7.15. The lowest BCUT2D eigenvalue weighted by molar-refractivity contribution is 0.368. The van der Waals surface area contributed by atoms with E-state index in [1.165, 1.54) is 13.2 Å². The molecule has 0 aliphatic carbocycles. The number of methoxy groups -OCH3 is 1. The molecule has 21 heavy (non-hydrogen) atoms. The van der Waals surface area contributed by atoms with E-state index < -0.39 is 5.82 Å². The van der Waals surface area contributed by atoms with Crippen molar-refractivity contribution in [3.8, 4) is 17.6 Å². The molecule has 2 aromatic carbocycles. The van der Waals surface area contributed by atoms with Crippen LogP contribution in [0.1, 0.15) is 5.56 Å². The molecule has 0 aliphatic heterocycles. The monoisotopic (exact) mass is 286 g/mol. The molecule has 0 unspecified atom stereocenters. The predicted molar refractivity (Wildman–Crippen MR) is 77.8 cm³/mol. The molecule has 0 bridgehead atoms. The Labute approximate surface area is 122 Å². The molecular weight excluding hydrogens is 271 g/mol. The molecule has 0 saturated carbocycles. The van der Waals surface area contributed by atoms with E-state index in [0.29, 0.717) is 18.0 Å². The molecule has 0 spiro atoms. The number of anilines is 1. The van der Waals surface area contributed by atoms with E-state index in [1.807, 2.05) is 24.3 Å². The summed E-state index contributed by atoms with van der Waals surface area (Å²) in [6.07, 6.45) is 0. The van der Waals surface area contributed by atoms with E-state index in [4.69, 9.17) is 14.7 Å². The highest BCUT2D eigenvalue weighted by atomic mass is 19.1. The van der Waals surface area contributed by atoms with Gasteiger partial charge < -0.3 is 14.8 Å². The lowest BCUT2D eigenvalue weighted by Gasteiger charge is -2.09. The quantitative estimate of drug-likeness (QED) is 0.884. The molecule has 4 nitrogen and oxygen atoms in total. The molecular formula is C16H15FN2O2. The maximum atomic E-state index is 13.6. The van der Waals surface area contributed by atoms with Crippen LogP contribution in [0.4, 0.5) is 10.1 Å². The van der Waals surface area contributed by atoms with Crippen LogP contribution >= 0.6 is 0 Å². The van der Waals surface area contributed by atoms with Gasteiger partial charge in [-0.2, -0.15) is 5.26 Å². The fourth-order valence-corrected chi connectivity index (χ4v) is 1.84. The Morgan fingerprint density at radius 3 is 2.81 bits per heavy atom. The highest BCUT2D eigenvalue weighted by molar-refractivity contribution is 5.48. The van der Waals surface area contributed by atoms with Gasteiger partial charge in [0.1, 0.15) is 11.8 Å². The lowest BCUT2D eigenvalue weighted by Crippen LogP contribution is -2.01. The molecule has 0 atom stereocenters. The molecule has 1 N–H and O–H groups in total. The number of hydrogen-bond donors (Lipinski definition) is 1. The van der Waals surface area contributed by atoms with Crippen molar-refractivity contribution in [2.75, 3.05) is 19.0 Å². The third-order valence-corrected chi connectivity index (χ3v) is 2.85. The van der Waals surface area contributed by atoms with Gasteiger partial charge in [-0.3, -0.25) is 0 Å². The van der Waals surface area contributed by atoms with Crippen LogP contribution in [0.3, 0.4) is 0 Å². The predicted octanol–water partition coefficient (Wildman–Crippen LogP) is 3.35. The van der Waals surface area contributed by atoms with Crippen LogP contribution in [0.2, 0.25) is 0 Å². The first-order valence-electron chi connectivity index (χ1n) is 6.39.